The van der Waals surface area contributed by atoms with Gasteiger partial charge in [0.1, 0.15) is 0 Å². The highest BCUT2D eigenvalue weighted by molar-refractivity contribution is 5.51. The van der Waals surface area contributed by atoms with Crippen LogP contribution in [0, 0.1) is 11.8 Å². The summed E-state index contributed by atoms with van der Waals surface area (Å²) in [5.74, 6) is 1.85. The van der Waals surface area contributed by atoms with Gasteiger partial charge in [0.25, 0.3) is 0 Å². The van der Waals surface area contributed by atoms with Gasteiger partial charge in [-0.2, -0.15) is 0 Å². The van der Waals surface area contributed by atoms with Gasteiger partial charge in [0.05, 0.1) is 0 Å². The first-order chi connectivity index (χ1) is 10.3. The Morgan fingerprint density at radius 3 is 2.43 bits per heavy atom. The van der Waals surface area contributed by atoms with Gasteiger partial charge in [-0.25, -0.2) is 0 Å². The summed E-state index contributed by atoms with van der Waals surface area (Å²) in [4.78, 5) is 5.18. The standard InChI is InChI=1S/C19H28N2/c1-3-17-18-13-20(4-2)14-19(17,18)15-7-9-16(10-8-15)21-11-5-6-12-21/h7-10,17-18H,3-6,11-14H2,1-2H3. The molecule has 0 spiro atoms. The lowest BCUT2D eigenvalue weighted by Crippen LogP contribution is -2.29. The SMILES string of the molecule is CCC1C2CN(CC)CC12c1ccc(N2CCCC2)cc1. The third kappa shape index (κ3) is 1.95. The van der Waals surface area contributed by atoms with Gasteiger partial charge >= 0.3 is 0 Å². The summed E-state index contributed by atoms with van der Waals surface area (Å²) in [6.07, 6.45) is 4.06. The average molecular weight is 284 g/mol. The molecule has 0 N–H and O–H groups in total. The zero-order chi connectivity index (χ0) is 14.4. The van der Waals surface area contributed by atoms with Crippen molar-refractivity contribution in [3.8, 4) is 0 Å². The van der Waals surface area contributed by atoms with Gasteiger partial charge < -0.3 is 9.80 Å². The second-order valence-electron chi connectivity index (χ2n) is 7.23. The average Bonchev–Trinajstić information content (AvgIpc) is 2.97. The predicted molar refractivity (Wildman–Crippen MR) is 89.0 cm³/mol. The van der Waals surface area contributed by atoms with Crippen LogP contribution < -0.4 is 4.90 Å². The maximum Gasteiger partial charge on any atom is 0.0366 e. The van der Waals surface area contributed by atoms with E-state index in [9.17, 15) is 0 Å². The van der Waals surface area contributed by atoms with Crippen LogP contribution in [0.15, 0.2) is 24.3 Å². The van der Waals surface area contributed by atoms with Crippen LogP contribution in [0.5, 0.6) is 0 Å². The first-order valence-electron chi connectivity index (χ1n) is 8.87. The monoisotopic (exact) mass is 284 g/mol. The molecule has 3 atom stereocenters. The number of benzene rings is 1. The van der Waals surface area contributed by atoms with Gasteiger partial charge in [0.15, 0.2) is 0 Å². The highest BCUT2D eigenvalue weighted by atomic mass is 15.2. The maximum atomic E-state index is 2.64. The lowest BCUT2D eigenvalue weighted by atomic mass is 9.91. The molecule has 1 aromatic carbocycles. The fraction of sp³-hybridized carbons (Fsp3) is 0.684. The Hall–Kier alpha value is -1.02. The van der Waals surface area contributed by atoms with Crippen molar-refractivity contribution in [2.45, 2.75) is 38.5 Å². The van der Waals surface area contributed by atoms with Crippen LogP contribution in [0.1, 0.15) is 38.7 Å². The lowest BCUT2D eigenvalue weighted by Gasteiger charge is -2.23. The molecule has 114 valence electrons. The zero-order valence-corrected chi connectivity index (χ0v) is 13.5. The van der Waals surface area contributed by atoms with E-state index in [0.29, 0.717) is 5.41 Å². The van der Waals surface area contributed by atoms with E-state index >= 15 is 0 Å². The third-order valence-electron chi connectivity index (χ3n) is 6.40. The van der Waals surface area contributed by atoms with Crippen molar-refractivity contribution < 1.29 is 0 Å². The molecule has 1 aliphatic carbocycles. The number of likely N-dealkylation sites (N-methyl/N-ethyl adjacent to an activating group) is 1. The zero-order valence-electron chi connectivity index (χ0n) is 13.5. The molecule has 2 nitrogen and oxygen atoms in total. The van der Waals surface area contributed by atoms with E-state index in [2.05, 4.69) is 47.9 Å². The van der Waals surface area contributed by atoms with Gasteiger partial charge in [0.2, 0.25) is 0 Å². The molecule has 0 bridgehead atoms. The number of likely N-dealkylation sites (tertiary alicyclic amines) is 1. The minimum atomic E-state index is 0.494. The summed E-state index contributed by atoms with van der Waals surface area (Å²) in [5, 5.41) is 0. The van der Waals surface area contributed by atoms with Crippen LogP contribution in [0.4, 0.5) is 5.69 Å². The van der Waals surface area contributed by atoms with E-state index in [1.165, 1.54) is 57.7 Å². The number of rotatable bonds is 4. The number of piperidine rings is 1. The quantitative estimate of drug-likeness (QED) is 0.835. The molecule has 4 rings (SSSR count). The van der Waals surface area contributed by atoms with E-state index < -0.39 is 0 Å². The molecule has 3 aliphatic rings. The molecular formula is C19H28N2. The Balaban J connectivity index is 1.58. The first kappa shape index (κ1) is 13.6. The van der Waals surface area contributed by atoms with Crippen molar-refractivity contribution in [1.82, 2.24) is 4.90 Å². The van der Waals surface area contributed by atoms with Crippen molar-refractivity contribution in [2.75, 3.05) is 37.6 Å². The van der Waals surface area contributed by atoms with Crippen LogP contribution in [0.2, 0.25) is 0 Å². The molecule has 1 saturated carbocycles. The van der Waals surface area contributed by atoms with E-state index in [4.69, 9.17) is 0 Å². The van der Waals surface area contributed by atoms with Crippen LogP contribution in [0.3, 0.4) is 0 Å². The minimum absolute atomic E-state index is 0.494. The molecule has 21 heavy (non-hydrogen) atoms. The number of anilines is 1. The third-order valence-corrected chi connectivity index (χ3v) is 6.40. The van der Waals surface area contributed by atoms with E-state index in [-0.39, 0.29) is 0 Å². The molecule has 2 saturated heterocycles. The molecule has 0 aromatic heterocycles. The molecule has 2 heterocycles. The van der Waals surface area contributed by atoms with Crippen molar-refractivity contribution in [2.24, 2.45) is 11.8 Å². The van der Waals surface area contributed by atoms with E-state index in [1.54, 1.807) is 5.56 Å². The molecule has 1 aromatic rings. The summed E-state index contributed by atoms with van der Waals surface area (Å²) < 4.78 is 0. The molecule has 0 amide bonds. The summed E-state index contributed by atoms with van der Waals surface area (Å²) in [6.45, 7) is 11.0. The van der Waals surface area contributed by atoms with Gasteiger partial charge in [-0.15, -0.1) is 0 Å². The van der Waals surface area contributed by atoms with Gasteiger partial charge in [0, 0.05) is 37.3 Å². The number of fused-ring (bicyclic) bond motifs is 1. The van der Waals surface area contributed by atoms with Crippen LogP contribution >= 0.6 is 0 Å². The highest BCUT2D eigenvalue weighted by Gasteiger charge is 2.67. The smallest absolute Gasteiger partial charge is 0.0366 e. The van der Waals surface area contributed by atoms with E-state index in [1.807, 2.05) is 0 Å². The Labute approximate surface area is 129 Å². The Morgan fingerprint density at radius 1 is 1.10 bits per heavy atom. The normalized spacial score (nSPS) is 35.2. The van der Waals surface area contributed by atoms with Crippen molar-refractivity contribution in [3.63, 3.8) is 0 Å². The topological polar surface area (TPSA) is 6.48 Å². The molecular weight excluding hydrogens is 256 g/mol. The Bertz CT molecular complexity index is 503. The lowest BCUT2D eigenvalue weighted by molar-refractivity contribution is 0.288. The summed E-state index contributed by atoms with van der Waals surface area (Å²) in [5.41, 5.74) is 3.54. The number of hydrogen-bond acceptors (Lipinski definition) is 2. The molecule has 2 aliphatic heterocycles. The van der Waals surface area contributed by atoms with Crippen LogP contribution in [-0.2, 0) is 5.41 Å². The van der Waals surface area contributed by atoms with Crippen molar-refractivity contribution in [3.05, 3.63) is 29.8 Å². The highest BCUT2D eigenvalue weighted by Crippen LogP contribution is 2.65. The van der Waals surface area contributed by atoms with Crippen molar-refractivity contribution >= 4 is 5.69 Å². The van der Waals surface area contributed by atoms with Gasteiger partial charge in [-0.05, 0) is 48.9 Å². The Morgan fingerprint density at radius 2 is 1.81 bits per heavy atom. The Kier molecular flexibility index (Phi) is 3.25. The summed E-state index contributed by atoms with van der Waals surface area (Å²) in [7, 11) is 0. The first-order valence-corrected chi connectivity index (χ1v) is 8.87. The molecule has 0 radical (unpaired) electrons. The van der Waals surface area contributed by atoms with Crippen LogP contribution in [-0.4, -0.2) is 37.6 Å². The molecule has 2 heteroatoms. The molecule has 3 fully saturated rings. The maximum absolute atomic E-state index is 2.64. The van der Waals surface area contributed by atoms with Crippen molar-refractivity contribution in [1.29, 1.82) is 0 Å². The largest absolute Gasteiger partial charge is 0.372 e. The fourth-order valence-corrected chi connectivity index (χ4v) is 5.21. The van der Waals surface area contributed by atoms with Crippen LogP contribution in [0.25, 0.3) is 0 Å². The number of hydrogen-bond donors (Lipinski definition) is 0. The summed E-state index contributed by atoms with van der Waals surface area (Å²) >= 11 is 0. The molecule has 3 unspecified atom stereocenters. The predicted octanol–water partition coefficient (Wildman–Crippen LogP) is 3.52. The number of nitrogens with zero attached hydrogens (tertiary/aromatic N) is 2. The minimum Gasteiger partial charge on any atom is -0.372 e. The fourth-order valence-electron chi connectivity index (χ4n) is 5.21. The summed E-state index contributed by atoms with van der Waals surface area (Å²) in [6, 6.07) is 9.64. The second kappa shape index (κ2) is 5.01. The van der Waals surface area contributed by atoms with E-state index in [0.717, 1.165) is 11.8 Å². The van der Waals surface area contributed by atoms with Gasteiger partial charge in [-0.1, -0.05) is 32.4 Å². The van der Waals surface area contributed by atoms with Gasteiger partial charge in [-0.3, -0.25) is 0 Å². The second-order valence-corrected chi connectivity index (χ2v) is 7.23.